The van der Waals surface area contributed by atoms with Gasteiger partial charge in [0.1, 0.15) is 10.8 Å². The van der Waals surface area contributed by atoms with Crippen molar-refractivity contribution in [2.45, 2.75) is 44.7 Å². The van der Waals surface area contributed by atoms with Crippen LogP contribution < -0.4 is 9.80 Å². The molecule has 2 amide bonds. The van der Waals surface area contributed by atoms with Gasteiger partial charge in [0.25, 0.3) is 0 Å². The van der Waals surface area contributed by atoms with Crippen molar-refractivity contribution in [1.82, 2.24) is 0 Å². The standard InChI is InChI=1S/C42H38Cl2N2O8/c1-4-52-36(47)33-34(37(48)53-5-2)41(29-21-27(43)17-19-31(29)45(39(41)50)23-25-13-9-7-10-14-25)42(35(33)38(49)54-6-3)30-22-28(44)18-20-32(30)46(40(42)51)24-26-15-11-8-12-16-26/h7-22,33-35H,4-6,23-24H2,1-3H3. The number of hydrogen-bond donors (Lipinski definition) is 0. The predicted octanol–water partition coefficient (Wildman–Crippen LogP) is 6.81. The first-order chi connectivity index (χ1) is 26.1. The molecule has 4 aromatic rings. The van der Waals surface area contributed by atoms with Gasteiger partial charge in [0.05, 0.1) is 50.7 Å². The van der Waals surface area contributed by atoms with E-state index in [4.69, 9.17) is 37.4 Å². The van der Waals surface area contributed by atoms with Crippen LogP contribution in [0, 0.1) is 17.8 Å². The average molecular weight is 770 g/mol. The molecule has 2 spiro atoms. The Labute approximate surface area is 322 Å². The molecule has 7 rings (SSSR count). The van der Waals surface area contributed by atoms with E-state index in [1.807, 2.05) is 60.7 Å². The molecule has 54 heavy (non-hydrogen) atoms. The largest absolute Gasteiger partial charge is 0.466 e. The van der Waals surface area contributed by atoms with Crippen molar-refractivity contribution in [2.24, 2.45) is 17.8 Å². The lowest BCUT2D eigenvalue weighted by molar-refractivity contribution is -0.166. The summed E-state index contributed by atoms with van der Waals surface area (Å²) in [4.78, 5) is 79.4. The van der Waals surface area contributed by atoms with E-state index in [1.165, 1.54) is 9.80 Å². The maximum Gasteiger partial charge on any atom is 0.311 e. The lowest BCUT2D eigenvalue weighted by Gasteiger charge is -2.43. The first kappa shape index (κ1) is 37.1. The normalized spacial score (nSPS) is 23.8. The van der Waals surface area contributed by atoms with Crippen molar-refractivity contribution in [2.75, 3.05) is 29.6 Å². The highest BCUT2D eigenvalue weighted by molar-refractivity contribution is 6.32. The minimum atomic E-state index is -2.30. The molecule has 1 fully saturated rings. The van der Waals surface area contributed by atoms with Gasteiger partial charge in [-0.3, -0.25) is 24.0 Å². The molecule has 0 radical (unpaired) electrons. The van der Waals surface area contributed by atoms with Gasteiger partial charge in [0.15, 0.2) is 0 Å². The Morgan fingerprint density at radius 1 is 0.574 bits per heavy atom. The van der Waals surface area contributed by atoms with Gasteiger partial charge in [-0.1, -0.05) is 83.9 Å². The van der Waals surface area contributed by atoms with Crippen LogP contribution in [0.1, 0.15) is 43.0 Å². The van der Waals surface area contributed by atoms with Gasteiger partial charge >= 0.3 is 17.9 Å². The Balaban J connectivity index is 1.65. The Morgan fingerprint density at radius 2 is 0.944 bits per heavy atom. The molecule has 0 saturated heterocycles. The molecule has 0 aromatic heterocycles. The summed E-state index contributed by atoms with van der Waals surface area (Å²) in [5, 5.41) is 0.399. The first-order valence-electron chi connectivity index (χ1n) is 17.9. The van der Waals surface area contributed by atoms with Crippen LogP contribution in [-0.4, -0.2) is 49.5 Å². The summed E-state index contributed by atoms with van der Waals surface area (Å²) in [7, 11) is 0. The molecular formula is C42H38Cl2N2O8. The fraction of sp³-hybridized carbons (Fsp3) is 0.310. The van der Waals surface area contributed by atoms with Gasteiger partial charge in [-0.15, -0.1) is 0 Å². The average Bonchev–Trinajstić information content (AvgIpc) is 3.68. The van der Waals surface area contributed by atoms with E-state index < -0.39 is 58.3 Å². The van der Waals surface area contributed by atoms with Crippen LogP contribution in [0.5, 0.6) is 0 Å². The molecule has 3 aliphatic rings. The molecule has 0 N–H and O–H groups in total. The number of halogens is 2. The second-order valence-corrected chi connectivity index (χ2v) is 14.3. The van der Waals surface area contributed by atoms with E-state index in [0.717, 1.165) is 11.1 Å². The number of ether oxygens (including phenoxy) is 3. The first-order valence-corrected chi connectivity index (χ1v) is 18.6. The van der Waals surface area contributed by atoms with E-state index in [0.29, 0.717) is 11.4 Å². The summed E-state index contributed by atoms with van der Waals surface area (Å²) in [5.74, 6) is -9.50. The number of fused-ring (bicyclic) bond motifs is 5. The second kappa shape index (κ2) is 14.6. The molecule has 1 saturated carbocycles. The van der Waals surface area contributed by atoms with Crippen molar-refractivity contribution in [3.8, 4) is 0 Å². The van der Waals surface area contributed by atoms with Crippen LogP contribution >= 0.6 is 23.2 Å². The van der Waals surface area contributed by atoms with Crippen molar-refractivity contribution in [3.05, 3.63) is 129 Å². The molecule has 4 atom stereocenters. The van der Waals surface area contributed by atoms with Crippen molar-refractivity contribution in [1.29, 1.82) is 0 Å². The molecular weight excluding hydrogens is 731 g/mol. The predicted molar refractivity (Wildman–Crippen MR) is 202 cm³/mol. The smallest absolute Gasteiger partial charge is 0.311 e. The van der Waals surface area contributed by atoms with Crippen molar-refractivity contribution in [3.63, 3.8) is 0 Å². The zero-order valence-electron chi connectivity index (χ0n) is 29.9. The number of hydrogen-bond acceptors (Lipinski definition) is 8. The molecule has 2 aliphatic heterocycles. The molecule has 2 heterocycles. The number of rotatable bonds is 10. The van der Waals surface area contributed by atoms with Crippen LogP contribution in [0.2, 0.25) is 10.0 Å². The molecule has 278 valence electrons. The lowest BCUT2D eigenvalue weighted by Crippen LogP contribution is -2.63. The number of esters is 3. The number of benzene rings is 4. The Kier molecular flexibility index (Phi) is 10.0. The minimum absolute atomic E-state index is 0.0279. The number of carbonyl (C=O) groups excluding carboxylic acids is 5. The van der Waals surface area contributed by atoms with Crippen molar-refractivity contribution >= 4 is 64.3 Å². The lowest BCUT2D eigenvalue weighted by atomic mass is 9.54. The Hall–Kier alpha value is -5.19. The van der Waals surface area contributed by atoms with E-state index in [-0.39, 0.29) is 54.1 Å². The van der Waals surface area contributed by atoms with Crippen LogP contribution in [0.15, 0.2) is 97.1 Å². The third-order valence-corrected chi connectivity index (χ3v) is 11.3. The number of nitrogens with zero attached hydrogens (tertiary/aromatic N) is 2. The monoisotopic (exact) mass is 768 g/mol. The summed E-state index contributed by atoms with van der Waals surface area (Å²) in [6, 6.07) is 28.0. The van der Waals surface area contributed by atoms with E-state index in [9.17, 15) is 14.4 Å². The quantitative estimate of drug-likeness (QED) is 0.128. The SMILES string of the molecule is CCOC(=O)C1C(C(=O)OCC)C2(C(=O)N(Cc3ccccc3)c3ccc(Cl)cc32)C2(C(=O)N(Cc3ccccc3)c3ccc(Cl)cc32)C1C(=O)OCC. The van der Waals surface area contributed by atoms with Gasteiger partial charge < -0.3 is 24.0 Å². The van der Waals surface area contributed by atoms with E-state index >= 15 is 9.59 Å². The Morgan fingerprint density at radius 3 is 1.31 bits per heavy atom. The topological polar surface area (TPSA) is 120 Å². The van der Waals surface area contributed by atoms with Gasteiger partial charge in [0, 0.05) is 21.4 Å². The Bertz CT molecular complexity index is 2000. The summed E-state index contributed by atoms with van der Waals surface area (Å²) in [5.41, 5.74) is -2.01. The van der Waals surface area contributed by atoms with Gasteiger partial charge in [-0.25, -0.2) is 0 Å². The molecule has 4 unspecified atom stereocenters. The molecule has 0 bridgehead atoms. The fourth-order valence-corrected chi connectivity index (χ4v) is 9.39. The maximum atomic E-state index is 16.1. The fourth-order valence-electron chi connectivity index (χ4n) is 9.05. The summed E-state index contributed by atoms with van der Waals surface area (Å²) in [6.45, 7) is 4.47. The zero-order valence-corrected chi connectivity index (χ0v) is 31.4. The summed E-state index contributed by atoms with van der Waals surface area (Å²) >= 11 is 13.5. The summed E-state index contributed by atoms with van der Waals surface area (Å²) < 4.78 is 17.1. The molecule has 12 heteroatoms. The third-order valence-electron chi connectivity index (χ3n) is 10.8. The van der Waals surface area contributed by atoms with Crippen molar-refractivity contribution < 1.29 is 38.2 Å². The van der Waals surface area contributed by atoms with Crippen LogP contribution in [0.25, 0.3) is 0 Å². The number of amides is 2. The van der Waals surface area contributed by atoms with Gasteiger partial charge in [0.2, 0.25) is 11.8 Å². The zero-order chi connectivity index (χ0) is 38.4. The molecule has 1 aliphatic carbocycles. The van der Waals surface area contributed by atoms with Crippen LogP contribution in [0.4, 0.5) is 11.4 Å². The van der Waals surface area contributed by atoms with Gasteiger partial charge in [-0.05, 0) is 79.4 Å². The number of carbonyl (C=O) groups is 5. The highest BCUT2D eigenvalue weighted by atomic mass is 35.5. The second-order valence-electron chi connectivity index (χ2n) is 13.4. The van der Waals surface area contributed by atoms with Gasteiger partial charge in [-0.2, -0.15) is 0 Å². The highest BCUT2D eigenvalue weighted by Crippen LogP contribution is 2.72. The van der Waals surface area contributed by atoms with E-state index in [1.54, 1.807) is 57.2 Å². The maximum absolute atomic E-state index is 16.1. The van der Waals surface area contributed by atoms with Crippen LogP contribution in [-0.2, 0) is 62.1 Å². The summed E-state index contributed by atoms with van der Waals surface area (Å²) in [6.07, 6.45) is 0. The highest BCUT2D eigenvalue weighted by Gasteiger charge is 2.86. The van der Waals surface area contributed by atoms with E-state index in [2.05, 4.69) is 0 Å². The molecule has 10 nitrogen and oxygen atoms in total. The number of anilines is 2. The third kappa shape index (κ3) is 5.41. The van der Waals surface area contributed by atoms with Crippen LogP contribution in [0.3, 0.4) is 0 Å². The minimum Gasteiger partial charge on any atom is -0.466 e. The molecule has 4 aromatic carbocycles.